The van der Waals surface area contributed by atoms with Gasteiger partial charge in [0.25, 0.3) is 0 Å². The maximum absolute atomic E-state index is 5.31. The lowest BCUT2D eigenvalue weighted by atomic mass is 10.2. The first-order chi connectivity index (χ1) is 7.78. The average Bonchev–Trinajstić information content (AvgIpc) is 2.73. The van der Waals surface area contributed by atoms with Crippen LogP contribution in [0.15, 0.2) is 28.7 Å². The molecule has 0 unspecified atom stereocenters. The number of benzene rings is 1. The van der Waals surface area contributed by atoms with Crippen molar-refractivity contribution in [2.75, 3.05) is 5.32 Å². The third-order valence-corrected chi connectivity index (χ3v) is 2.04. The molecule has 0 saturated heterocycles. The summed E-state index contributed by atoms with van der Waals surface area (Å²) in [5.41, 5.74) is 1.78. The topological polar surface area (TPSA) is 51.0 Å². The van der Waals surface area contributed by atoms with E-state index in [1.807, 2.05) is 24.3 Å². The molecule has 0 amide bonds. The number of aromatic nitrogens is 2. The zero-order valence-electron chi connectivity index (χ0n) is 8.90. The first kappa shape index (κ1) is 10.2. The maximum atomic E-state index is 5.31. The van der Waals surface area contributed by atoms with Crippen LogP contribution < -0.4 is 5.32 Å². The lowest BCUT2D eigenvalue weighted by molar-refractivity contribution is 0.475. The van der Waals surface area contributed by atoms with Crippen molar-refractivity contribution >= 4 is 5.69 Å². The Bertz CT molecular complexity index is 525. The summed E-state index contributed by atoms with van der Waals surface area (Å²) in [4.78, 5) is 0. The summed E-state index contributed by atoms with van der Waals surface area (Å²) in [6.07, 6.45) is 5.31. The Hall–Kier alpha value is -2.28. The summed E-state index contributed by atoms with van der Waals surface area (Å²) in [6.45, 7) is 2.25. The summed E-state index contributed by atoms with van der Waals surface area (Å²) in [5, 5.41) is 10.8. The van der Waals surface area contributed by atoms with E-state index in [2.05, 4.69) is 21.4 Å². The van der Waals surface area contributed by atoms with E-state index in [-0.39, 0.29) is 0 Å². The lowest BCUT2D eigenvalue weighted by Crippen LogP contribution is -1.99. The van der Waals surface area contributed by atoms with Crippen LogP contribution in [-0.4, -0.2) is 10.2 Å². The number of nitrogens with one attached hydrogen (secondary N) is 1. The van der Waals surface area contributed by atoms with Gasteiger partial charge >= 0.3 is 0 Å². The molecule has 0 atom stereocenters. The Morgan fingerprint density at radius 3 is 3.00 bits per heavy atom. The number of hydrogen-bond acceptors (Lipinski definition) is 4. The fourth-order valence-electron chi connectivity index (χ4n) is 1.31. The van der Waals surface area contributed by atoms with Crippen molar-refractivity contribution in [3.8, 4) is 12.3 Å². The van der Waals surface area contributed by atoms with Crippen LogP contribution in [0.25, 0.3) is 0 Å². The van der Waals surface area contributed by atoms with E-state index in [0.29, 0.717) is 18.3 Å². The van der Waals surface area contributed by atoms with Gasteiger partial charge in [-0.05, 0) is 18.2 Å². The Balaban J connectivity index is 2.02. The standard InChI is InChI=1S/C12H11N3O/c1-3-10-5-4-6-11(7-10)13-8-12-15-14-9(2)16-12/h1,4-7,13H,8H2,2H3. The van der Waals surface area contributed by atoms with Crippen LogP contribution in [0, 0.1) is 19.3 Å². The molecule has 0 bridgehead atoms. The van der Waals surface area contributed by atoms with Gasteiger partial charge in [0.15, 0.2) is 0 Å². The van der Waals surface area contributed by atoms with Crippen molar-refractivity contribution in [1.82, 2.24) is 10.2 Å². The lowest BCUT2D eigenvalue weighted by Gasteiger charge is -2.03. The second-order valence-electron chi connectivity index (χ2n) is 3.29. The fourth-order valence-corrected chi connectivity index (χ4v) is 1.31. The first-order valence-corrected chi connectivity index (χ1v) is 4.87. The van der Waals surface area contributed by atoms with Gasteiger partial charge in [-0.2, -0.15) is 0 Å². The number of hydrogen-bond donors (Lipinski definition) is 1. The molecule has 16 heavy (non-hydrogen) atoms. The molecule has 0 spiro atoms. The number of nitrogens with zero attached hydrogens (tertiary/aromatic N) is 2. The normalized spacial score (nSPS) is 9.75. The molecule has 1 N–H and O–H groups in total. The highest BCUT2D eigenvalue weighted by Gasteiger charge is 2.01. The minimum Gasteiger partial charge on any atom is -0.424 e. The van der Waals surface area contributed by atoms with Crippen LogP contribution in [0.2, 0.25) is 0 Å². The molecule has 1 aromatic carbocycles. The highest BCUT2D eigenvalue weighted by Crippen LogP contribution is 2.11. The molecular weight excluding hydrogens is 202 g/mol. The molecular formula is C12H11N3O. The second-order valence-corrected chi connectivity index (χ2v) is 3.29. The van der Waals surface area contributed by atoms with E-state index in [1.165, 1.54) is 0 Å². The molecule has 0 aliphatic carbocycles. The Kier molecular flexibility index (Phi) is 2.88. The highest BCUT2D eigenvalue weighted by atomic mass is 16.4. The van der Waals surface area contributed by atoms with Crippen molar-refractivity contribution in [2.45, 2.75) is 13.5 Å². The molecule has 1 heterocycles. The summed E-state index contributed by atoms with van der Waals surface area (Å²) in [7, 11) is 0. The summed E-state index contributed by atoms with van der Waals surface area (Å²) in [5.74, 6) is 3.70. The molecule has 2 aromatic rings. The zero-order chi connectivity index (χ0) is 11.4. The highest BCUT2D eigenvalue weighted by molar-refractivity contribution is 5.49. The van der Waals surface area contributed by atoms with Crippen molar-refractivity contribution in [1.29, 1.82) is 0 Å². The average molecular weight is 213 g/mol. The molecule has 1 aromatic heterocycles. The van der Waals surface area contributed by atoms with Crippen LogP contribution in [0.5, 0.6) is 0 Å². The Morgan fingerprint density at radius 2 is 2.31 bits per heavy atom. The summed E-state index contributed by atoms with van der Waals surface area (Å²) in [6, 6.07) is 7.60. The number of aryl methyl sites for hydroxylation is 1. The van der Waals surface area contributed by atoms with Crippen molar-refractivity contribution in [3.05, 3.63) is 41.6 Å². The molecule has 0 radical (unpaired) electrons. The molecule has 0 aliphatic heterocycles. The van der Waals surface area contributed by atoms with Gasteiger partial charge in [0.2, 0.25) is 11.8 Å². The Labute approximate surface area is 93.7 Å². The van der Waals surface area contributed by atoms with E-state index in [4.69, 9.17) is 10.8 Å². The Morgan fingerprint density at radius 1 is 1.44 bits per heavy atom. The van der Waals surface area contributed by atoms with Gasteiger partial charge in [-0.25, -0.2) is 0 Å². The maximum Gasteiger partial charge on any atom is 0.235 e. The van der Waals surface area contributed by atoms with Gasteiger partial charge in [-0.15, -0.1) is 16.6 Å². The molecule has 80 valence electrons. The second kappa shape index (κ2) is 4.49. The molecule has 2 rings (SSSR count). The monoisotopic (exact) mass is 213 g/mol. The smallest absolute Gasteiger partial charge is 0.235 e. The van der Waals surface area contributed by atoms with Gasteiger partial charge in [0.1, 0.15) is 0 Å². The van der Waals surface area contributed by atoms with Crippen LogP contribution in [0.1, 0.15) is 17.3 Å². The van der Waals surface area contributed by atoms with E-state index in [0.717, 1.165) is 11.3 Å². The summed E-state index contributed by atoms with van der Waals surface area (Å²) < 4.78 is 5.24. The predicted octanol–water partition coefficient (Wildman–Crippen LogP) is 1.97. The van der Waals surface area contributed by atoms with E-state index in [9.17, 15) is 0 Å². The van der Waals surface area contributed by atoms with Crippen LogP contribution >= 0.6 is 0 Å². The zero-order valence-corrected chi connectivity index (χ0v) is 8.90. The molecule has 0 fully saturated rings. The number of rotatable bonds is 3. The van der Waals surface area contributed by atoms with Gasteiger partial charge < -0.3 is 9.73 Å². The third kappa shape index (κ3) is 2.39. The minimum atomic E-state index is 0.495. The minimum absolute atomic E-state index is 0.495. The van der Waals surface area contributed by atoms with Gasteiger partial charge in [0.05, 0.1) is 6.54 Å². The molecule has 4 heteroatoms. The van der Waals surface area contributed by atoms with E-state index in [1.54, 1.807) is 6.92 Å². The van der Waals surface area contributed by atoms with Crippen LogP contribution in [0.4, 0.5) is 5.69 Å². The first-order valence-electron chi connectivity index (χ1n) is 4.87. The van der Waals surface area contributed by atoms with Gasteiger partial charge in [0, 0.05) is 18.2 Å². The predicted molar refractivity (Wildman–Crippen MR) is 60.7 cm³/mol. The third-order valence-electron chi connectivity index (χ3n) is 2.04. The summed E-state index contributed by atoms with van der Waals surface area (Å²) >= 11 is 0. The SMILES string of the molecule is C#Cc1cccc(NCc2nnc(C)o2)c1. The number of terminal acetylenes is 1. The number of anilines is 1. The molecule has 4 nitrogen and oxygen atoms in total. The van der Waals surface area contributed by atoms with Crippen LogP contribution in [-0.2, 0) is 6.54 Å². The van der Waals surface area contributed by atoms with Gasteiger partial charge in [-0.3, -0.25) is 0 Å². The van der Waals surface area contributed by atoms with Crippen molar-refractivity contribution < 1.29 is 4.42 Å². The van der Waals surface area contributed by atoms with Crippen molar-refractivity contribution in [3.63, 3.8) is 0 Å². The largest absolute Gasteiger partial charge is 0.424 e. The van der Waals surface area contributed by atoms with Gasteiger partial charge in [-0.1, -0.05) is 12.0 Å². The van der Waals surface area contributed by atoms with E-state index >= 15 is 0 Å². The quantitative estimate of drug-likeness (QED) is 0.792. The fraction of sp³-hybridized carbons (Fsp3) is 0.167. The van der Waals surface area contributed by atoms with Crippen LogP contribution in [0.3, 0.4) is 0 Å². The van der Waals surface area contributed by atoms with E-state index < -0.39 is 0 Å². The molecule has 0 aliphatic rings. The molecule has 0 saturated carbocycles. The van der Waals surface area contributed by atoms with Crippen molar-refractivity contribution in [2.24, 2.45) is 0 Å².